The molecule has 0 aromatic rings. The minimum Gasteiger partial charge on any atom is -0.356 e. The van der Waals surface area contributed by atoms with Gasteiger partial charge in [0.1, 0.15) is 0 Å². The number of rotatable bonds is 6. The molecule has 1 atom stereocenters. The molecule has 0 aliphatic heterocycles. The number of hydrogen-bond donors (Lipinski definition) is 2. The summed E-state index contributed by atoms with van der Waals surface area (Å²) < 4.78 is 0. The number of amides is 1. The van der Waals surface area contributed by atoms with Gasteiger partial charge in [0.25, 0.3) is 0 Å². The van der Waals surface area contributed by atoms with E-state index in [9.17, 15) is 4.79 Å². The predicted molar refractivity (Wildman–Crippen MR) is 55.2 cm³/mol. The Labute approximate surface area is 85.5 Å². The van der Waals surface area contributed by atoms with E-state index in [0.717, 1.165) is 0 Å². The molecule has 0 fully saturated rings. The third-order valence-electron chi connectivity index (χ3n) is 2.16. The molecule has 0 rings (SSSR count). The first kappa shape index (κ1) is 12.9. The fourth-order valence-corrected chi connectivity index (χ4v) is 1.19. The predicted octanol–water partition coefficient (Wildman–Crippen LogP) is 0.637. The number of carbonyl (C=O) groups is 1. The van der Waals surface area contributed by atoms with E-state index >= 15 is 0 Å². The third-order valence-corrected chi connectivity index (χ3v) is 2.16. The highest BCUT2D eigenvalue weighted by Gasteiger charge is 2.19. The van der Waals surface area contributed by atoms with Crippen LogP contribution in [-0.4, -0.2) is 19.0 Å². The quantitative estimate of drug-likeness (QED) is 0.613. The van der Waals surface area contributed by atoms with Gasteiger partial charge >= 0.3 is 0 Å². The van der Waals surface area contributed by atoms with Gasteiger partial charge in [-0.25, -0.2) is 0 Å². The number of hydrogen-bond acceptors (Lipinski definition) is 3. The van der Waals surface area contributed by atoms with Gasteiger partial charge in [-0.2, -0.15) is 5.26 Å². The minimum atomic E-state index is -0.114. The lowest BCUT2D eigenvalue weighted by atomic mass is 9.95. The first-order valence-electron chi connectivity index (χ1n) is 4.98. The van der Waals surface area contributed by atoms with E-state index in [1.165, 1.54) is 0 Å². The van der Waals surface area contributed by atoms with Crippen LogP contribution in [-0.2, 0) is 4.79 Å². The van der Waals surface area contributed by atoms with Crippen LogP contribution in [0.5, 0.6) is 0 Å². The molecule has 0 heterocycles. The van der Waals surface area contributed by atoms with Crippen LogP contribution >= 0.6 is 0 Å². The van der Waals surface area contributed by atoms with Gasteiger partial charge in [-0.1, -0.05) is 13.8 Å². The lowest BCUT2D eigenvalue weighted by Gasteiger charge is -2.17. The van der Waals surface area contributed by atoms with E-state index in [0.29, 0.717) is 25.9 Å². The number of nitrogens with one attached hydrogen (secondary N) is 1. The zero-order chi connectivity index (χ0) is 11.0. The third kappa shape index (κ3) is 4.83. The molecule has 14 heavy (non-hydrogen) atoms. The van der Waals surface area contributed by atoms with Crippen molar-refractivity contribution < 1.29 is 4.79 Å². The molecule has 0 spiro atoms. The summed E-state index contributed by atoms with van der Waals surface area (Å²) in [5.41, 5.74) is 5.49. The first-order chi connectivity index (χ1) is 6.63. The Bertz CT molecular complexity index is 208. The zero-order valence-corrected chi connectivity index (χ0v) is 8.92. The number of nitriles is 1. The summed E-state index contributed by atoms with van der Waals surface area (Å²) in [6, 6.07) is 2.03. The average Bonchev–Trinajstić information content (AvgIpc) is 2.13. The lowest BCUT2D eigenvalue weighted by molar-refractivity contribution is -0.125. The maximum Gasteiger partial charge on any atom is 0.224 e. The topological polar surface area (TPSA) is 78.9 Å². The van der Waals surface area contributed by atoms with Crippen molar-refractivity contribution in [3.63, 3.8) is 0 Å². The minimum absolute atomic E-state index is 0.000407. The second-order valence-corrected chi connectivity index (χ2v) is 3.64. The Morgan fingerprint density at radius 3 is 2.64 bits per heavy atom. The first-order valence-corrected chi connectivity index (χ1v) is 4.98. The molecule has 0 aliphatic carbocycles. The van der Waals surface area contributed by atoms with Crippen molar-refractivity contribution in [3.8, 4) is 6.07 Å². The summed E-state index contributed by atoms with van der Waals surface area (Å²) in [4.78, 5) is 11.5. The van der Waals surface area contributed by atoms with E-state index in [-0.39, 0.29) is 17.7 Å². The van der Waals surface area contributed by atoms with Gasteiger partial charge < -0.3 is 11.1 Å². The molecule has 80 valence electrons. The maximum absolute atomic E-state index is 11.5. The molecular weight excluding hydrogens is 178 g/mol. The molecular formula is C10H19N3O. The highest BCUT2D eigenvalue weighted by molar-refractivity contribution is 5.79. The van der Waals surface area contributed by atoms with Crippen molar-refractivity contribution in [1.29, 1.82) is 5.26 Å². The Morgan fingerprint density at radius 1 is 1.57 bits per heavy atom. The summed E-state index contributed by atoms with van der Waals surface area (Å²) in [5, 5.41) is 11.1. The average molecular weight is 197 g/mol. The largest absolute Gasteiger partial charge is 0.356 e. The molecule has 4 nitrogen and oxygen atoms in total. The molecule has 0 saturated carbocycles. The second kappa shape index (κ2) is 7.34. The van der Waals surface area contributed by atoms with Gasteiger partial charge in [0.15, 0.2) is 0 Å². The van der Waals surface area contributed by atoms with Crippen molar-refractivity contribution in [1.82, 2.24) is 5.32 Å². The molecule has 0 saturated heterocycles. The van der Waals surface area contributed by atoms with Crippen LogP contribution in [0.3, 0.4) is 0 Å². The normalized spacial score (nSPS) is 12.2. The Kier molecular flexibility index (Phi) is 6.77. The van der Waals surface area contributed by atoms with Crippen LogP contribution in [0.2, 0.25) is 0 Å². The fourth-order valence-electron chi connectivity index (χ4n) is 1.19. The van der Waals surface area contributed by atoms with Crippen LogP contribution in [0.4, 0.5) is 0 Å². The van der Waals surface area contributed by atoms with Gasteiger partial charge in [0.2, 0.25) is 5.91 Å². The standard InChI is InChI=1S/C10H19N3O/c1-8(2)9(7-12)10(14)13-6-4-3-5-11/h8-9H,3-4,6-7,12H2,1-2H3,(H,13,14). The summed E-state index contributed by atoms with van der Waals surface area (Å²) >= 11 is 0. The molecule has 0 aromatic carbocycles. The molecule has 1 amide bonds. The Hall–Kier alpha value is -1.08. The van der Waals surface area contributed by atoms with Crippen LogP contribution in [0.1, 0.15) is 26.7 Å². The zero-order valence-electron chi connectivity index (χ0n) is 8.92. The monoisotopic (exact) mass is 197 g/mol. The molecule has 4 heteroatoms. The smallest absolute Gasteiger partial charge is 0.224 e. The number of carbonyl (C=O) groups excluding carboxylic acids is 1. The van der Waals surface area contributed by atoms with Gasteiger partial charge in [-0.15, -0.1) is 0 Å². The van der Waals surface area contributed by atoms with Gasteiger partial charge in [-0.05, 0) is 12.3 Å². The summed E-state index contributed by atoms with van der Waals surface area (Å²) in [6.45, 7) is 4.90. The molecule has 0 radical (unpaired) electrons. The number of nitrogens with two attached hydrogens (primary N) is 1. The van der Waals surface area contributed by atoms with Crippen LogP contribution in [0.25, 0.3) is 0 Å². The SMILES string of the molecule is CC(C)C(CN)C(=O)NCCCC#N. The molecule has 0 aliphatic rings. The highest BCUT2D eigenvalue weighted by atomic mass is 16.1. The molecule has 1 unspecified atom stereocenters. The van der Waals surface area contributed by atoms with Crippen molar-refractivity contribution in [2.45, 2.75) is 26.7 Å². The lowest BCUT2D eigenvalue weighted by Crippen LogP contribution is -2.38. The summed E-state index contributed by atoms with van der Waals surface area (Å²) in [6.07, 6.45) is 1.19. The second-order valence-electron chi connectivity index (χ2n) is 3.64. The number of nitrogens with zero attached hydrogens (tertiary/aromatic N) is 1. The van der Waals surface area contributed by atoms with Crippen molar-refractivity contribution >= 4 is 5.91 Å². The van der Waals surface area contributed by atoms with Crippen LogP contribution in [0.15, 0.2) is 0 Å². The van der Waals surface area contributed by atoms with E-state index in [1.54, 1.807) is 0 Å². The van der Waals surface area contributed by atoms with Gasteiger partial charge in [0.05, 0.1) is 12.0 Å². The highest BCUT2D eigenvalue weighted by Crippen LogP contribution is 2.08. The summed E-state index contributed by atoms with van der Waals surface area (Å²) in [5.74, 6) is 0.147. The van der Waals surface area contributed by atoms with Crippen molar-refractivity contribution in [2.24, 2.45) is 17.6 Å². The summed E-state index contributed by atoms with van der Waals surface area (Å²) in [7, 11) is 0. The van der Waals surface area contributed by atoms with Crippen molar-refractivity contribution in [3.05, 3.63) is 0 Å². The van der Waals surface area contributed by atoms with Gasteiger partial charge in [0, 0.05) is 19.5 Å². The van der Waals surface area contributed by atoms with E-state index in [4.69, 9.17) is 11.0 Å². The fraction of sp³-hybridized carbons (Fsp3) is 0.800. The molecule has 0 bridgehead atoms. The van der Waals surface area contributed by atoms with E-state index in [2.05, 4.69) is 5.32 Å². The van der Waals surface area contributed by atoms with E-state index < -0.39 is 0 Å². The Balaban J connectivity index is 3.77. The van der Waals surface area contributed by atoms with E-state index in [1.807, 2.05) is 19.9 Å². The maximum atomic E-state index is 11.5. The van der Waals surface area contributed by atoms with Crippen molar-refractivity contribution in [2.75, 3.05) is 13.1 Å². The number of unbranched alkanes of at least 4 members (excludes halogenated alkanes) is 1. The van der Waals surface area contributed by atoms with Crippen LogP contribution < -0.4 is 11.1 Å². The molecule has 3 N–H and O–H groups in total. The van der Waals surface area contributed by atoms with Gasteiger partial charge in [-0.3, -0.25) is 4.79 Å². The molecule has 0 aromatic heterocycles. The van der Waals surface area contributed by atoms with Crippen LogP contribution in [0, 0.1) is 23.2 Å². The Morgan fingerprint density at radius 2 is 2.21 bits per heavy atom.